The van der Waals surface area contributed by atoms with Crippen molar-refractivity contribution in [2.75, 3.05) is 49.2 Å². The van der Waals surface area contributed by atoms with Crippen molar-refractivity contribution in [3.8, 4) is 5.75 Å². The molecule has 8 nitrogen and oxygen atoms in total. The molecule has 0 N–H and O–H groups in total. The van der Waals surface area contributed by atoms with Crippen LogP contribution >= 0.6 is 23.2 Å². The van der Waals surface area contributed by atoms with Crippen molar-refractivity contribution in [2.24, 2.45) is 0 Å². The monoisotopic (exact) mass is 543 g/mol. The molecule has 0 radical (unpaired) electrons. The molecule has 0 unspecified atom stereocenters. The van der Waals surface area contributed by atoms with Crippen molar-refractivity contribution in [2.45, 2.75) is 18.8 Å². The number of hydrogen-bond donors (Lipinski definition) is 0. The molecule has 0 amide bonds. The predicted molar refractivity (Wildman–Crippen MR) is 144 cm³/mol. The summed E-state index contributed by atoms with van der Waals surface area (Å²) in [7, 11) is 0. The molecule has 0 aliphatic carbocycles. The zero-order valence-electron chi connectivity index (χ0n) is 20.3. The number of nitro benzene ring substituents is 1. The maximum Gasteiger partial charge on any atom is 0.269 e. The number of nitrogens with zero attached hydrogens (tertiary/aromatic N) is 3. The van der Waals surface area contributed by atoms with Crippen LogP contribution in [-0.2, 0) is 15.3 Å². The van der Waals surface area contributed by atoms with E-state index in [1.807, 2.05) is 37.3 Å². The van der Waals surface area contributed by atoms with E-state index in [1.165, 1.54) is 0 Å². The van der Waals surface area contributed by atoms with Crippen LogP contribution < -0.4 is 14.5 Å². The summed E-state index contributed by atoms with van der Waals surface area (Å²) in [5, 5.41) is 11.9. The largest absolute Gasteiger partial charge is 0.491 e. The summed E-state index contributed by atoms with van der Waals surface area (Å²) in [6, 6.07) is 20.0. The summed E-state index contributed by atoms with van der Waals surface area (Å²) < 4.78 is 18.1. The van der Waals surface area contributed by atoms with Gasteiger partial charge < -0.3 is 24.0 Å². The molecule has 3 aromatic rings. The minimum absolute atomic E-state index is 0.108. The summed E-state index contributed by atoms with van der Waals surface area (Å²) in [6.07, 6.45) is -0.232. The fraction of sp³-hybridized carbons (Fsp3) is 0.333. The fourth-order valence-electron chi connectivity index (χ4n) is 4.67. The minimum atomic E-state index is -0.948. The van der Waals surface area contributed by atoms with E-state index >= 15 is 0 Å². The van der Waals surface area contributed by atoms with Crippen LogP contribution in [0.5, 0.6) is 5.75 Å². The fourth-order valence-corrected chi connectivity index (χ4v) is 5.25. The Bertz CT molecular complexity index is 1250. The van der Waals surface area contributed by atoms with Crippen LogP contribution in [0.25, 0.3) is 0 Å². The summed E-state index contributed by atoms with van der Waals surface area (Å²) >= 11 is 12.4. The number of nitro groups is 1. The van der Waals surface area contributed by atoms with E-state index in [0.717, 1.165) is 48.9 Å². The first kappa shape index (κ1) is 25.6. The Labute approximate surface area is 225 Å². The van der Waals surface area contributed by atoms with Crippen LogP contribution in [0, 0.1) is 10.1 Å². The molecule has 0 aromatic heterocycles. The summed E-state index contributed by atoms with van der Waals surface area (Å²) in [5.41, 5.74) is 2.97. The van der Waals surface area contributed by atoms with E-state index in [-0.39, 0.29) is 16.7 Å². The third-order valence-electron chi connectivity index (χ3n) is 6.70. The SMILES string of the molecule is C[C@]1(c2ccc(Cl)cc2Cl)OC[C@@H](COc2ccc(N3CCN(c4ccc([N+](=O)[O-])cc4)CC3)cc2)O1. The van der Waals surface area contributed by atoms with Gasteiger partial charge in [-0.2, -0.15) is 0 Å². The Hall–Kier alpha value is -3.04. The zero-order valence-corrected chi connectivity index (χ0v) is 21.8. The lowest BCUT2D eigenvalue weighted by molar-refractivity contribution is -0.384. The third-order valence-corrected chi connectivity index (χ3v) is 7.25. The highest BCUT2D eigenvalue weighted by Crippen LogP contribution is 2.38. The average molecular weight is 544 g/mol. The zero-order chi connectivity index (χ0) is 26.0. The first-order chi connectivity index (χ1) is 17.8. The molecule has 5 rings (SSSR count). The molecule has 10 heteroatoms. The Morgan fingerprint density at radius 1 is 0.973 bits per heavy atom. The summed E-state index contributed by atoms with van der Waals surface area (Å²) in [6.45, 7) is 5.99. The number of hydrogen-bond acceptors (Lipinski definition) is 7. The topological polar surface area (TPSA) is 77.3 Å². The first-order valence-corrected chi connectivity index (χ1v) is 12.8. The van der Waals surface area contributed by atoms with Crippen molar-refractivity contribution in [1.82, 2.24) is 0 Å². The number of halogens is 2. The van der Waals surface area contributed by atoms with Gasteiger partial charge >= 0.3 is 0 Å². The second-order valence-corrected chi connectivity index (χ2v) is 10.0. The van der Waals surface area contributed by atoms with Gasteiger partial charge in [-0.1, -0.05) is 29.3 Å². The molecule has 3 aromatic carbocycles. The van der Waals surface area contributed by atoms with Gasteiger partial charge in [-0.3, -0.25) is 10.1 Å². The molecule has 0 bridgehead atoms. The molecule has 2 aliphatic rings. The normalized spacial score (nSPS) is 21.8. The lowest BCUT2D eigenvalue weighted by Crippen LogP contribution is -2.46. The Morgan fingerprint density at radius 2 is 1.57 bits per heavy atom. The standard InChI is InChI=1S/C27H27Cl2N3O5/c1-27(25-11-2-19(28)16-26(25)29)36-18-24(37-27)17-35-23-9-7-21(8-10-23)31-14-12-30(13-15-31)20-3-5-22(6-4-20)32(33)34/h2-11,16,24H,12-15,17-18H2,1H3/t24-,27+/m1/s1. The van der Waals surface area contributed by atoms with Crippen LogP contribution in [0.1, 0.15) is 12.5 Å². The van der Waals surface area contributed by atoms with Gasteiger partial charge in [0.05, 0.1) is 16.6 Å². The van der Waals surface area contributed by atoms with Gasteiger partial charge in [-0.25, -0.2) is 0 Å². The second kappa shape index (κ2) is 10.8. The molecule has 37 heavy (non-hydrogen) atoms. The average Bonchev–Trinajstić information content (AvgIpc) is 3.29. The van der Waals surface area contributed by atoms with E-state index in [0.29, 0.717) is 23.3 Å². The van der Waals surface area contributed by atoms with Gasteiger partial charge in [0.25, 0.3) is 5.69 Å². The Balaban J connectivity index is 1.11. The number of piperazine rings is 1. The van der Waals surface area contributed by atoms with Gasteiger partial charge in [0.2, 0.25) is 0 Å². The van der Waals surface area contributed by atoms with Crippen LogP contribution in [0.4, 0.5) is 17.1 Å². The van der Waals surface area contributed by atoms with E-state index in [2.05, 4.69) is 21.9 Å². The van der Waals surface area contributed by atoms with Crippen LogP contribution in [0.15, 0.2) is 66.7 Å². The smallest absolute Gasteiger partial charge is 0.269 e. The van der Waals surface area contributed by atoms with Crippen molar-refractivity contribution in [3.63, 3.8) is 0 Å². The molecule has 0 saturated carbocycles. The molecular weight excluding hydrogens is 517 g/mol. The van der Waals surface area contributed by atoms with Gasteiger partial charge in [-0.05, 0) is 55.5 Å². The summed E-state index contributed by atoms with van der Waals surface area (Å²) in [5.74, 6) is -0.189. The maximum atomic E-state index is 10.9. The highest BCUT2D eigenvalue weighted by atomic mass is 35.5. The molecule has 2 saturated heterocycles. The van der Waals surface area contributed by atoms with Gasteiger partial charge in [0.1, 0.15) is 18.5 Å². The first-order valence-electron chi connectivity index (χ1n) is 12.1. The van der Waals surface area contributed by atoms with Crippen LogP contribution in [0.2, 0.25) is 10.0 Å². The summed E-state index contributed by atoms with van der Waals surface area (Å²) in [4.78, 5) is 15.1. The lowest BCUT2D eigenvalue weighted by atomic mass is 10.1. The predicted octanol–water partition coefficient (Wildman–Crippen LogP) is 5.90. The van der Waals surface area contributed by atoms with Crippen molar-refractivity contribution < 1.29 is 19.1 Å². The highest BCUT2D eigenvalue weighted by Gasteiger charge is 2.40. The Morgan fingerprint density at radius 3 is 2.14 bits per heavy atom. The molecule has 2 aliphatic heterocycles. The molecule has 2 atom stereocenters. The number of rotatable bonds is 7. The minimum Gasteiger partial charge on any atom is -0.491 e. The van der Waals surface area contributed by atoms with Crippen molar-refractivity contribution >= 4 is 40.3 Å². The van der Waals surface area contributed by atoms with Gasteiger partial charge in [-0.15, -0.1) is 0 Å². The van der Waals surface area contributed by atoms with Crippen LogP contribution in [0.3, 0.4) is 0 Å². The maximum absolute atomic E-state index is 10.9. The highest BCUT2D eigenvalue weighted by molar-refractivity contribution is 6.35. The number of benzene rings is 3. The third kappa shape index (κ3) is 5.78. The van der Waals surface area contributed by atoms with Gasteiger partial charge in [0, 0.05) is 60.3 Å². The number of non-ortho nitro benzene ring substituents is 1. The van der Waals surface area contributed by atoms with Crippen molar-refractivity contribution in [3.05, 3.63) is 92.5 Å². The van der Waals surface area contributed by atoms with E-state index in [9.17, 15) is 10.1 Å². The number of ether oxygens (including phenoxy) is 3. The van der Waals surface area contributed by atoms with Gasteiger partial charge in [0.15, 0.2) is 5.79 Å². The molecule has 194 valence electrons. The molecular formula is C27H27Cl2N3O5. The second-order valence-electron chi connectivity index (χ2n) is 9.17. The number of anilines is 2. The van der Waals surface area contributed by atoms with E-state index in [4.69, 9.17) is 37.4 Å². The van der Waals surface area contributed by atoms with Crippen LogP contribution in [-0.4, -0.2) is 50.4 Å². The molecule has 2 heterocycles. The molecule has 2 fully saturated rings. The van der Waals surface area contributed by atoms with E-state index < -0.39 is 5.79 Å². The van der Waals surface area contributed by atoms with E-state index in [1.54, 1.807) is 24.3 Å². The molecule has 0 spiro atoms. The van der Waals surface area contributed by atoms with Crippen molar-refractivity contribution in [1.29, 1.82) is 0 Å². The lowest BCUT2D eigenvalue weighted by Gasteiger charge is -2.37. The quantitative estimate of drug-likeness (QED) is 0.271. The Kier molecular flexibility index (Phi) is 7.44.